The Bertz CT molecular complexity index is 416. The summed E-state index contributed by atoms with van der Waals surface area (Å²) in [6, 6.07) is 3.02. The first-order valence-electron chi connectivity index (χ1n) is 5.29. The third kappa shape index (κ3) is 2.24. The highest BCUT2D eigenvalue weighted by molar-refractivity contribution is 5.86. The van der Waals surface area contributed by atoms with Gasteiger partial charge in [-0.3, -0.25) is 0 Å². The standard InChI is InChI=1S/C11H15N3O2/c1-14(6-7-2-3-7)10-8(12)4-5-9(13-10)11(15)16/h4-5,7H,2-3,6,12H2,1H3,(H,15,16). The average Bonchev–Trinajstić information content (AvgIpc) is 3.01. The fourth-order valence-corrected chi connectivity index (χ4v) is 1.66. The van der Waals surface area contributed by atoms with E-state index in [2.05, 4.69) is 4.98 Å². The number of carbonyl (C=O) groups is 1. The molecule has 3 N–H and O–H groups in total. The largest absolute Gasteiger partial charge is 0.477 e. The van der Waals surface area contributed by atoms with Crippen LogP contribution in [0.2, 0.25) is 0 Å². The van der Waals surface area contributed by atoms with Gasteiger partial charge in [0.05, 0.1) is 5.69 Å². The number of nitrogens with two attached hydrogens (primary N) is 1. The van der Waals surface area contributed by atoms with Gasteiger partial charge in [-0.05, 0) is 30.9 Å². The van der Waals surface area contributed by atoms with Crippen LogP contribution < -0.4 is 10.6 Å². The summed E-state index contributed by atoms with van der Waals surface area (Å²) in [6.07, 6.45) is 2.48. The lowest BCUT2D eigenvalue weighted by Crippen LogP contribution is -2.23. The van der Waals surface area contributed by atoms with E-state index in [-0.39, 0.29) is 5.69 Å². The number of hydrogen-bond acceptors (Lipinski definition) is 4. The number of aromatic nitrogens is 1. The van der Waals surface area contributed by atoms with E-state index in [1.807, 2.05) is 11.9 Å². The molecule has 0 spiro atoms. The number of nitrogens with zero attached hydrogens (tertiary/aromatic N) is 2. The summed E-state index contributed by atoms with van der Waals surface area (Å²) in [5.41, 5.74) is 6.35. The molecule has 0 amide bonds. The van der Waals surface area contributed by atoms with Crippen LogP contribution in [0.15, 0.2) is 12.1 Å². The fourth-order valence-electron chi connectivity index (χ4n) is 1.66. The van der Waals surface area contributed by atoms with Crippen molar-refractivity contribution in [2.45, 2.75) is 12.8 Å². The molecule has 86 valence electrons. The number of aromatic carboxylic acids is 1. The Kier molecular flexibility index (Phi) is 2.68. The number of hydrogen-bond donors (Lipinski definition) is 2. The van der Waals surface area contributed by atoms with Crippen LogP contribution in [-0.2, 0) is 0 Å². The molecule has 1 aromatic rings. The van der Waals surface area contributed by atoms with E-state index in [1.54, 1.807) is 6.07 Å². The Morgan fingerprint density at radius 3 is 2.88 bits per heavy atom. The molecule has 0 radical (unpaired) electrons. The maximum absolute atomic E-state index is 10.8. The summed E-state index contributed by atoms with van der Waals surface area (Å²) in [4.78, 5) is 16.8. The van der Waals surface area contributed by atoms with Gasteiger partial charge in [-0.2, -0.15) is 0 Å². The molecule has 0 atom stereocenters. The molecule has 16 heavy (non-hydrogen) atoms. The van der Waals surface area contributed by atoms with Gasteiger partial charge in [0.15, 0.2) is 11.5 Å². The van der Waals surface area contributed by atoms with Crippen molar-refractivity contribution in [3.05, 3.63) is 17.8 Å². The third-order valence-electron chi connectivity index (χ3n) is 2.71. The molecule has 0 aliphatic heterocycles. The van der Waals surface area contributed by atoms with E-state index >= 15 is 0 Å². The van der Waals surface area contributed by atoms with Gasteiger partial charge in [-0.25, -0.2) is 9.78 Å². The van der Waals surface area contributed by atoms with Crippen LogP contribution in [0.25, 0.3) is 0 Å². The predicted molar refractivity (Wildman–Crippen MR) is 61.6 cm³/mol. The number of rotatable bonds is 4. The van der Waals surface area contributed by atoms with Crippen molar-refractivity contribution >= 4 is 17.5 Å². The Balaban J connectivity index is 2.22. The summed E-state index contributed by atoms with van der Waals surface area (Å²) in [6.45, 7) is 0.889. The second-order valence-corrected chi connectivity index (χ2v) is 4.24. The summed E-state index contributed by atoms with van der Waals surface area (Å²) in [5, 5.41) is 8.85. The summed E-state index contributed by atoms with van der Waals surface area (Å²) in [5.74, 6) is 0.243. The van der Waals surface area contributed by atoms with Crippen molar-refractivity contribution in [3.63, 3.8) is 0 Å². The molecule has 1 aliphatic rings. The van der Waals surface area contributed by atoms with Crippen LogP contribution >= 0.6 is 0 Å². The van der Waals surface area contributed by atoms with Gasteiger partial charge in [0.1, 0.15) is 0 Å². The van der Waals surface area contributed by atoms with Crippen LogP contribution in [0.1, 0.15) is 23.3 Å². The highest BCUT2D eigenvalue weighted by atomic mass is 16.4. The van der Waals surface area contributed by atoms with Crippen molar-refractivity contribution in [1.29, 1.82) is 0 Å². The Hall–Kier alpha value is -1.78. The number of anilines is 2. The van der Waals surface area contributed by atoms with Gasteiger partial charge < -0.3 is 15.7 Å². The van der Waals surface area contributed by atoms with Crippen molar-refractivity contribution in [2.75, 3.05) is 24.2 Å². The van der Waals surface area contributed by atoms with Crippen LogP contribution in [0.4, 0.5) is 11.5 Å². The topological polar surface area (TPSA) is 79.5 Å². The normalized spacial score (nSPS) is 14.8. The van der Waals surface area contributed by atoms with Crippen molar-refractivity contribution in [2.24, 2.45) is 5.92 Å². The summed E-state index contributed by atoms with van der Waals surface area (Å²) in [7, 11) is 1.89. The van der Waals surface area contributed by atoms with Gasteiger partial charge in [-0.15, -0.1) is 0 Å². The maximum Gasteiger partial charge on any atom is 0.354 e. The van der Waals surface area contributed by atoms with Gasteiger partial charge in [0.25, 0.3) is 0 Å². The lowest BCUT2D eigenvalue weighted by molar-refractivity contribution is 0.0690. The van der Waals surface area contributed by atoms with Crippen LogP contribution in [-0.4, -0.2) is 29.7 Å². The smallest absolute Gasteiger partial charge is 0.354 e. The molecule has 0 aromatic carbocycles. The monoisotopic (exact) mass is 221 g/mol. The Morgan fingerprint density at radius 2 is 2.31 bits per heavy atom. The van der Waals surface area contributed by atoms with E-state index in [9.17, 15) is 4.79 Å². The molecule has 0 unspecified atom stereocenters. The molecule has 2 rings (SSSR count). The zero-order valence-electron chi connectivity index (χ0n) is 9.18. The molecule has 5 heteroatoms. The minimum absolute atomic E-state index is 0.0341. The first kappa shape index (κ1) is 10.7. The summed E-state index contributed by atoms with van der Waals surface area (Å²) < 4.78 is 0. The second kappa shape index (κ2) is 4.00. The van der Waals surface area contributed by atoms with Gasteiger partial charge >= 0.3 is 5.97 Å². The molecule has 0 saturated heterocycles. The number of carboxylic acids is 1. The molecule has 5 nitrogen and oxygen atoms in total. The van der Waals surface area contributed by atoms with Crippen LogP contribution in [0, 0.1) is 5.92 Å². The zero-order valence-corrected chi connectivity index (χ0v) is 9.18. The molecule has 1 aromatic heterocycles. The molecule has 1 aliphatic carbocycles. The van der Waals surface area contributed by atoms with Gasteiger partial charge in [0, 0.05) is 13.6 Å². The highest BCUT2D eigenvalue weighted by Gasteiger charge is 2.24. The van der Waals surface area contributed by atoms with E-state index in [0.29, 0.717) is 17.4 Å². The highest BCUT2D eigenvalue weighted by Crippen LogP contribution is 2.31. The van der Waals surface area contributed by atoms with Crippen molar-refractivity contribution in [3.8, 4) is 0 Å². The number of carboxylic acid groups (broad SMARTS) is 1. The van der Waals surface area contributed by atoms with Gasteiger partial charge in [-0.1, -0.05) is 0 Å². The van der Waals surface area contributed by atoms with Crippen LogP contribution in [0.3, 0.4) is 0 Å². The lowest BCUT2D eigenvalue weighted by atomic mass is 10.3. The maximum atomic E-state index is 10.8. The van der Waals surface area contributed by atoms with E-state index in [0.717, 1.165) is 6.54 Å². The molecule has 1 fully saturated rings. The van der Waals surface area contributed by atoms with Gasteiger partial charge in [0.2, 0.25) is 0 Å². The zero-order chi connectivity index (χ0) is 11.7. The fraction of sp³-hybridized carbons (Fsp3) is 0.455. The molecule has 1 saturated carbocycles. The molecular weight excluding hydrogens is 206 g/mol. The van der Waals surface area contributed by atoms with Crippen molar-refractivity contribution < 1.29 is 9.90 Å². The van der Waals surface area contributed by atoms with E-state index < -0.39 is 5.97 Å². The molecule has 1 heterocycles. The molecular formula is C11H15N3O2. The van der Waals surface area contributed by atoms with Crippen molar-refractivity contribution in [1.82, 2.24) is 4.98 Å². The average molecular weight is 221 g/mol. The second-order valence-electron chi connectivity index (χ2n) is 4.24. The number of pyridine rings is 1. The summed E-state index contributed by atoms with van der Waals surface area (Å²) >= 11 is 0. The first-order valence-corrected chi connectivity index (χ1v) is 5.29. The predicted octanol–water partition coefficient (Wildman–Crippen LogP) is 1.21. The van der Waals surface area contributed by atoms with Crippen LogP contribution in [0.5, 0.6) is 0 Å². The first-order chi connectivity index (χ1) is 7.58. The number of nitrogen functional groups attached to an aromatic ring is 1. The Morgan fingerprint density at radius 1 is 1.62 bits per heavy atom. The minimum Gasteiger partial charge on any atom is -0.477 e. The Labute approximate surface area is 93.9 Å². The van der Waals surface area contributed by atoms with E-state index in [4.69, 9.17) is 10.8 Å². The van der Waals surface area contributed by atoms with E-state index in [1.165, 1.54) is 18.9 Å². The minimum atomic E-state index is -1.03. The quantitative estimate of drug-likeness (QED) is 0.798. The SMILES string of the molecule is CN(CC1CC1)c1nc(C(=O)O)ccc1N. The third-order valence-corrected chi connectivity index (χ3v) is 2.71. The molecule has 0 bridgehead atoms. The lowest BCUT2D eigenvalue weighted by Gasteiger charge is -2.19.